The Morgan fingerprint density at radius 2 is 2.25 bits per heavy atom. The smallest absolute Gasteiger partial charge is 0.222 e. The van der Waals surface area contributed by atoms with Crippen LogP contribution in [-0.4, -0.2) is 45.7 Å². The Bertz CT molecular complexity index is 644. The molecule has 6 nitrogen and oxygen atoms in total. The fraction of sp³-hybridized carbons (Fsp3) is 0.500. The van der Waals surface area contributed by atoms with Gasteiger partial charge in [-0.2, -0.15) is 5.10 Å². The maximum Gasteiger partial charge on any atom is 0.222 e. The molecule has 0 bridgehead atoms. The number of amides is 1. The van der Waals surface area contributed by atoms with E-state index in [0.717, 1.165) is 43.9 Å². The summed E-state index contributed by atoms with van der Waals surface area (Å²) in [6.45, 7) is 3.56. The second-order valence-electron chi connectivity index (χ2n) is 6.27. The van der Waals surface area contributed by atoms with Crippen LogP contribution in [0.4, 0.5) is 0 Å². The van der Waals surface area contributed by atoms with Gasteiger partial charge in [0, 0.05) is 57.8 Å². The lowest BCUT2D eigenvalue weighted by atomic mass is 10.2. The van der Waals surface area contributed by atoms with Gasteiger partial charge in [-0.15, -0.1) is 0 Å². The predicted octanol–water partition coefficient (Wildman–Crippen LogP) is 1.41. The first kappa shape index (κ1) is 16.6. The van der Waals surface area contributed by atoms with Gasteiger partial charge in [0.05, 0.1) is 11.4 Å². The van der Waals surface area contributed by atoms with E-state index in [1.54, 1.807) is 11.1 Å². The summed E-state index contributed by atoms with van der Waals surface area (Å²) in [6, 6.07) is 7.99. The minimum Gasteiger partial charge on any atom is -0.345 e. The fourth-order valence-corrected chi connectivity index (χ4v) is 2.92. The van der Waals surface area contributed by atoms with E-state index < -0.39 is 0 Å². The Balaban J connectivity index is 1.46. The predicted molar refractivity (Wildman–Crippen MR) is 92.4 cm³/mol. The average molecular weight is 327 g/mol. The number of carbonyl (C=O) groups is 1. The summed E-state index contributed by atoms with van der Waals surface area (Å²) in [7, 11) is 1.86. The van der Waals surface area contributed by atoms with Crippen molar-refractivity contribution in [1.29, 1.82) is 0 Å². The van der Waals surface area contributed by atoms with E-state index in [4.69, 9.17) is 0 Å². The van der Waals surface area contributed by atoms with Gasteiger partial charge in [-0.25, -0.2) is 0 Å². The highest BCUT2D eigenvalue weighted by molar-refractivity contribution is 5.76. The SMILES string of the molecule is CN(CCc1ccccn1)C(=O)CCc1cc2n(n1)CCCNC2. The summed E-state index contributed by atoms with van der Waals surface area (Å²) in [5, 5.41) is 8.02. The maximum atomic E-state index is 12.3. The highest BCUT2D eigenvalue weighted by Gasteiger charge is 2.13. The Hall–Kier alpha value is -2.21. The second-order valence-corrected chi connectivity index (χ2v) is 6.27. The van der Waals surface area contributed by atoms with Gasteiger partial charge in [0.25, 0.3) is 0 Å². The zero-order valence-corrected chi connectivity index (χ0v) is 14.2. The molecule has 0 aromatic carbocycles. The molecule has 0 saturated carbocycles. The molecule has 1 N–H and O–H groups in total. The fourth-order valence-electron chi connectivity index (χ4n) is 2.92. The second kappa shape index (κ2) is 8.06. The number of hydrogen-bond acceptors (Lipinski definition) is 4. The maximum absolute atomic E-state index is 12.3. The van der Waals surface area contributed by atoms with Gasteiger partial charge in [0.1, 0.15) is 0 Å². The zero-order valence-electron chi connectivity index (χ0n) is 14.2. The van der Waals surface area contributed by atoms with E-state index in [2.05, 4.69) is 26.1 Å². The molecular formula is C18H25N5O. The third kappa shape index (κ3) is 4.41. The molecule has 0 spiro atoms. The van der Waals surface area contributed by atoms with Crippen molar-refractivity contribution in [3.8, 4) is 0 Å². The summed E-state index contributed by atoms with van der Waals surface area (Å²) in [6.07, 6.45) is 4.88. The van der Waals surface area contributed by atoms with Crippen molar-refractivity contribution in [2.45, 2.75) is 38.8 Å². The number of aryl methyl sites for hydroxylation is 2. The van der Waals surface area contributed by atoms with Crippen molar-refractivity contribution in [2.24, 2.45) is 0 Å². The number of nitrogens with zero attached hydrogens (tertiary/aromatic N) is 4. The van der Waals surface area contributed by atoms with E-state index >= 15 is 0 Å². The van der Waals surface area contributed by atoms with Crippen molar-refractivity contribution < 1.29 is 4.79 Å². The van der Waals surface area contributed by atoms with Gasteiger partial charge in [0.15, 0.2) is 0 Å². The Labute approximate surface area is 142 Å². The van der Waals surface area contributed by atoms with Crippen molar-refractivity contribution >= 4 is 5.91 Å². The van der Waals surface area contributed by atoms with E-state index in [-0.39, 0.29) is 5.91 Å². The first-order valence-corrected chi connectivity index (χ1v) is 8.62. The number of aromatic nitrogens is 3. The molecule has 1 aliphatic rings. The lowest BCUT2D eigenvalue weighted by Gasteiger charge is -2.16. The Morgan fingerprint density at radius 3 is 3.08 bits per heavy atom. The van der Waals surface area contributed by atoms with Crippen LogP contribution in [-0.2, 0) is 30.7 Å². The molecule has 6 heteroatoms. The van der Waals surface area contributed by atoms with Crippen molar-refractivity contribution in [3.05, 3.63) is 47.5 Å². The first-order chi connectivity index (χ1) is 11.7. The van der Waals surface area contributed by atoms with Gasteiger partial charge in [-0.3, -0.25) is 14.5 Å². The minimum absolute atomic E-state index is 0.159. The standard InChI is InChI=1S/C18H25N5O/c1-22(12-8-15-5-2-3-10-20-15)18(24)7-6-16-13-17-14-19-9-4-11-23(17)21-16/h2-3,5,10,13,19H,4,6-9,11-12,14H2,1H3. The van der Waals surface area contributed by atoms with Crippen LogP contribution in [0.5, 0.6) is 0 Å². The number of fused-ring (bicyclic) bond motifs is 1. The summed E-state index contributed by atoms with van der Waals surface area (Å²) in [5.74, 6) is 0.159. The molecule has 0 aliphatic carbocycles. The molecule has 0 saturated heterocycles. The monoisotopic (exact) mass is 327 g/mol. The summed E-state index contributed by atoms with van der Waals surface area (Å²) in [4.78, 5) is 18.4. The van der Waals surface area contributed by atoms with Crippen LogP contribution in [0.1, 0.15) is 29.9 Å². The number of likely N-dealkylation sites (N-methyl/N-ethyl adjacent to an activating group) is 1. The third-order valence-corrected chi connectivity index (χ3v) is 4.39. The Kier molecular flexibility index (Phi) is 5.59. The number of rotatable bonds is 6. The molecule has 0 atom stereocenters. The zero-order chi connectivity index (χ0) is 16.8. The van der Waals surface area contributed by atoms with Gasteiger partial charge in [0.2, 0.25) is 5.91 Å². The van der Waals surface area contributed by atoms with E-state index in [0.29, 0.717) is 19.4 Å². The van der Waals surface area contributed by atoms with Crippen LogP contribution in [0.2, 0.25) is 0 Å². The molecule has 2 aromatic heterocycles. The molecule has 3 heterocycles. The van der Waals surface area contributed by atoms with Crippen molar-refractivity contribution in [3.63, 3.8) is 0 Å². The van der Waals surface area contributed by atoms with E-state index in [1.807, 2.05) is 25.2 Å². The summed E-state index contributed by atoms with van der Waals surface area (Å²) >= 11 is 0. The van der Waals surface area contributed by atoms with Crippen LogP contribution in [0.15, 0.2) is 30.5 Å². The van der Waals surface area contributed by atoms with Crippen LogP contribution < -0.4 is 5.32 Å². The first-order valence-electron chi connectivity index (χ1n) is 8.62. The molecule has 0 radical (unpaired) electrons. The van der Waals surface area contributed by atoms with Crippen molar-refractivity contribution in [2.75, 3.05) is 20.1 Å². The number of carbonyl (C=O) groups excluding carboxylic acids is 1. The van der Waals surface area contributed by atoms with Crippen LogP contribution in [0.3, 0.4) is 0 Å². The third-order valence-electron chi connectivity index (χ3n) is 4.39. The highest BCUT2D eigenvalue weighted by Crippen LogP contribution is 2.10. The molecule has 24 heavy (non-hydrogen) atoms. The normalized spacial score (nSPS) is 14.0. The number of pyridine rings is 1. The molecule has 1 aliphatic heterocycles. The molecule has 0 fully saturated rings. The quantitative estimate of drug-likeness (QED) is 0.871. The Morgan fingerprint density at radius 1 is 1.33 bits per heavy atom. The molecule has 128 valence electrons. The summed E-state index contributed by atoms with van der Waals surface area (Å²) < 4.78 is 2.07. The molecule has 3 rings (SSSR count). The number of hydrogen-bond donors (Lipinski definition) is 1. The topological polar surface area (TPSA) is 63.1 Å². The minimum atomic E-state index is 0.159. The molecule has 1 amide bonds. The molecule has 2 aromatic rings. The van der Waals surface area contributed by atoms with Gasteiger partial charge in [-0.1, -0.05) is 6.07 Å². The lowest BCUT2D eigenvalue weighted by Crippen LogP contribution is -2.29. The van der Waals surface area contributed by atoms with Crippen LogP contribution >= 0.6 is 0 Å². The van der Waals surface area contributed by atoms with Gasteiger partial charge < -0.3 is 10.2 Å². The summed E-state index contributed by atoms with van der Waals surface area (Å²) in [5.41, 5.74) is 3.25. The van der Waals surface area contributed by atoms with Crippen molar-refractivity contribution in [1.82, 2.24) is 25.0 Å². The largest absolute Gasteiger partial charge is 0.345 e. The van der Waals surface area contributed by atoms with Crippen LogP contribution in [0.25, 0.3) is 0 Å². The number of nitrogens with one attached hydrogen (secondary N) is 1. The van der Waals surface area contributed by atoms with Crippen LogP contribution in [0, 0.1) is 0 Å². The van der Waals surface area contributed by atoms with E-state index in [1.165, 1.54) is 5.69 Å². The van der Waals surface area contributed by atoms with E-state index in [9.17, 15) is 4.79 Å². The molecule has 0 unspecified atom stereocenters. The highest BCUT2D eigenvalue weighted by atomic mass is 16.2. The average Bonchev–Trinajstić information content (AvgIpc) is 2.87. The van der Waals surface area contributed by atoms with Gasteiger partial charge >= 0.3 is 0 Å². The van der Waals surface area contributed by atoms with Gasteiger partial charge in [-0.05, 0) is 31.2 Å². The molecular weight excluding hydrogens is 302 g/mol. The lowest BCUT2D eigenvalue weighted by molar-refractivity contribution is -0.129.